The third-order valence-corrected chi connectivity index (χ3v) is 8.14. The number of benzene rings is 1. The summed E-state index contributed by atoms with van der Waals surface area (Å²) in [6, 6.07) is 4.05. The van der Waals surface area contributed by atoms with Gasteiger partial charge in [0.15, 0.2) is 0 Å². The van der Waals surface area contributed by atoms with E-state index in [9.17, 15) is 4.55 Å². The van der Waals surface area contributed by atoms with Gasteiger partial charge in [0.2, 0.25) is 5.95 Å². The van der Waals surface area contributed by atoms with E-state index in [1.54, 1.807) is 12.5 Å². The van der Waals surface area contributed by atoms with E-state index in [1.165, 1.54) is 0 Å². The van der Waals surface area contributed by atoms with Gasteiger partial charge < -0.3 is 9.87 Å². The lowest BCUT2D eigenvalue weighted by Gasteiger charge is -2.36. The molecule has 0 radical (unpaired) electrons. The first-order valence-corrected chi connectivity index (χ1v) is 12.4. The van der Waals surface area contributed by atoms with Crippen LogP contribution in [-0.4, -0.2) is 52.0 Å². The fourth-order valence-electron chi connectivity index (χ4n) is 4.10. The van der Waals surface area contributed by atoms with Crippen molar-refractivity contribution in [2.45, 2.75) is 25.7 Å². The lowest BCUT2D eigenvalue weighted by atomic mass is 9.98. The van der Waals surface area contributed by atoms with Gasteiger partial charge in [0.25, 0.3) is 0 Å². The first kappa shape index (κ1) is 19.2. The number of nitrogens with one attached hydrogen (secondary N) is 1. The number of hydrogen-bond acceptors (Lipinski definition) is 7. The maximum absolute atomic E-state index is 10.4. The van der Waals surface area contributed by atoms with Gasteiger partial charge in [-0.25, -0.2) is 19.9 Å². The van der Waals surface area contributed by atoms with E-state index in [1.807, 2.05) is 43.2 Å². The molecule has 0 saturated carbocycles. The van der Waals surface area contributed by atoms with Crippen molar-refractivity contribution in [3.8, 4) is 0 Å². The maximum atomic E-state index is 10.4. The number of aromatic nitrogens is 6. The zero-order chi connectivity index (χ0) is 20.9. The monoisotopic (exact) mass is 423 g/mol. The summed E-state index contributed by atoms with van der Waals surface area (Å²) in [5, 5.41) is 9.09. The summed E-state index contributed by atoms with van der Waals surface area (Å²) in [6.07, 6.45) is 9.08. The number of nitrogens with zero attached hydrogens (tertiary/aromatic N) is 6. The average Bonchev–Trinajstić information content (AvgIpc) is 3.04. The molecule has 5 rings (SSSR count). The average molecular weight is 424 g/mol. The number of rotatable bonds is 3. The Kier molecular flexibility index (Phi) is 4.59. The molecule has 0 unspecified atom stereocenters. The van der Waals surface area contributed by atoms with Crippen LogP contribution >= 0.6 is 10.3 Å². The van der Waals surface area contributed by atoms with Crippen LogP contribution < -0.4 is 5.32 Å². The van der Waals surface area contributed by atoms with Gasteiger partial charge in [-0.05, 0) is 55.2 Å². The standard InChI is InChI=1S/C21H25N7OS/c1-13-8-17-15(10-22-12-24-17)9-16(13)25-21-23-11-18-20(26-21)19(27-28(18)2)14-4-6-30(3,29)7-5-14/h8-12,14,29H,4-7H2,1-3H3,(H,23,25,26). The molecule has 8 nitrogen and oxygen atoms in total. The molecule has 4 heterocycles. The van der Waals surface area contributed by atoms with Crippen molar-refractivity contribution in [1.29, 1.82) is 0 Å². The summed E-state index contributed by atoms with van der Waals surface area (Å²) in [5.74, 6) is 2.60. The molecule has 3 aromatic heterocycles. The second kappa shape index (κ2) is 7.17. The molecule has 1 aliphatic rings. The Balaban J connectivity index is 1.50. The van der Waals surface area contributed by atoms with Crippen molar-refractivity contribution in [3.63, 3.8) is 0 Å². The normalized spacial score (nSPS) is 24.1. The summed E-state index contributed by atoms with van der Waals surface area (Å²) in [7, 11) is 0.499. The Bertz CT molecular complexity index is 1240. The Labute approximate surface area is 176 Å². The summed E-state index contributed by atoms with van der Waals surface area (Å²) in [5.41, 5.74) is 5.72. The highest BCUT2D eigenvalue weighted by Gasteiger charge is 2.29. The number of aryl methyl sites for hydroxylation is 2. The summed E-state index contributed by atoms with van der Waals surface area (Å²) in [4.78, 5) is 17.8. The van der Waals surface area contributed by atoms with Crippen LogP contribution in [0.25, 0.3) is 21.9 Å². The Morgan fingerprint density at radius 3 is 2.77 bits per heavy atom. The van der Waals surface area contributed by atoms with Crippen molar-refractivity contribution >= 4 is 43.9 Å². The molecule has 1 aromatic carbocycles. The van der Waals surface area contributed by atoms with Crippen LogP contribution in [0.2, 0.25) is 0 Å². The van der Waals surface area contributed by atoms with E-state index in [0.29, 0.717) is 11.9 Å². The summed E-state index contributed by atoms with van der Waals surface area (Å²) < 4.78 is 12.2. The predicted octanol–water partition coefficient (Wildman–Crippen LogP) is 4.14. The van der Waals surface area contributed by atoms with Gasteiger partial charge in [-0.2, -0.15) is 5.10 Å². The molecule has 30 heavy (non-hydrogen) atoms. The molecule has 0 atom stereocenters. The third-order valence-electron chi connectivity index (χ3n) is 5.91. The number of anilines is 2. The van der Waals surface area contributed by atoms with Crippen molar-refractivity contribution in [1.82, 2.24) is 29.7 Å². The van der Waals surface area contributed by atoms with Crippen LogP contribution in [0.3, 0.4) is 0 Å². The van der Waals surface area contributed by atoms with Gasteiger partial charge in [0, 0.05) is 30.2 Å². The fraction of sp³-hybridized carbons (Fsp3) is 0.381. The van der Waals surface area contributed by atoms with Crippen LogP contribution in [0.5, 0.6) is 0 Å². The fourth-order valence-corrected chi connectivity index (χ4v) is 5.89. The van der Waals surface area contributed by atoms with Crippen LogP contribution in [0.4, 0.5) is 11.6 Å². The minimum atomic E-state index is -1.43. The quantitative estimate of drug-likeness (QED) is 0.510. The lowest BCUT2D eigenvalue weighted by Crippen LogP contribution is -2.19. The minimum absolute atomic E-state index is 0.323. The molecule has 4 aromatic rings. The Hall–Kier alpha value is -2.78. The molecule has 2 N–H and O–H groups in total. The Morgan fingerprint density at radius 2 is 1.97 bits per heavy atom. The first-order chi connectivity index (χ1) is 14.4. The van der Waals surface area contributed by atoms with Crippen molar-refractivity contribution in [2.24, 2.45) is 7.05 Å². The number of hydrogen-bond donors (Lipinski definition) is 2. The molecule has 0 amide bonds. The smallest absolute Gasteiger partial charge is 0.227 e. The second-order valence-corrected chi connectivity index (χ2v) is 11.5. The zero-order valence-electron chi connectivity index (χ0n) is 17.3. The molecular weight excluding hydrogens is 398 g/mol. The molecule has 0 aliphatic carbocycles. The van der Waals surface area contributed by atoms with E-state index in [2.05, 4.69) is 20.3 Å². The molecule has 156 valence electrons. The molecule has 0 spiro atoms. The molecule has 9 heteroatoms. The first-order valence-electron chi connectivity index (χ1n) is 10.0. The summed E-state index contributed by atoms with van der Waals surface area (Å²) in [6.45, 7) is 2.04. The maximum Gasteiger partial charge on any atom is 0.227 e. The zero-order valence-corrected chi connectivity index (χ0v) is 18.1. The molecule has 1 fully saturated rings. The van der Waals surface area contributed by atoms with Gasteiger partial charge in [0.1, 0.15) is 17.4 Å². The van der Waals surface area contributed by atoms with Crippen LogP contribution in [0.1, 0.15) is 30.0 Å². The van der Waals surface area contributed by atoms with Gasteiger partial charge in [-0.1, -0.05) is 0 Å². The van der Waals surface area contributed by atoms with Crippen LogP contribution in [0, 0.1) is 6.92 Å². The van der Waals surface area contributed by atoms with E-state index in [4.69, 9.17) is 10.1 Å². The molecule has 0 bridgehead atoms. The number of fused-ring (bicyclic) bond motifs is 2. The third kappa shape index (κ3) is 3.48. The second-order valence-electron chi connectivity index (χ2n) is 8.21. The largest absolute Gasteiger partial charge is 0.352 e. The van der Waals surface area contributed by atoms with Crippen LogP contribution in [0.15, 0.2) is 30.9 Å². The highest BCUT2D eigenvalue weighted by molar-refractivity contribution is 8.28. The van der Waals surface area contributed by atoms with Crippen LogP contribution in [-0.2, 0) is 7.05 Å². The van der Waals surface area contributed by atoms with Crippen molar-refractivity contribution in [2.75, 3.05) is 23.1 Å². The van der Waals surface area contributed by atoms with Gasteiger partial charge in [-0.3, -0.25) is 4.68 Å². The predicted molar refractivity (Wildman–Crippen MR) is 122 cm³/mol. The topological polar surface area (TPSA) is 102 Å². The van der Waals surface area contributed by atoms with Crippen molar-refractivity contribution < 1.29 is 4.55 Å². The van der Waals surface area contributed by atoms with Crippen molar-refractivity contribution in [3.05, 3.63) is 42.1 Å². The van der Waals surface area contributed by atoms with E-state index in [-0.39, 0.29) is 0 Å². The van der Waals surface area contributed by atoms with Gasteiger partial charge in [-0.15, -0.1) is 10.3 Å². The highest BCUT2D eigenvalue weighted by atomic mass is 32.3. The van der Waals surface area contributed by atoms with E-state index < -0.39 is 10.3 Å². The molecular formula is C21H25N7OS. The van der Waals surface area contributed by atoms with E-state index >= 15 is 0 Å². The lowest BCUT2D eigenvalue weighted by molar-refractivity contribution is 0.553. The van der Waals surface area contributed by atoms with Gasteiger partial charge >= 0.3 is 0 Å². The highest BCUT2D eigenvalue weighted by Crippen LogP contribution is 2.49. The van der Waals surface area contributed by atoms with E-state index in [0.717, 1.165) is 63.2 Å². The summed E-state index contributed by atoms with van der Waals surface area (Å²) >= 11 is 0. The Morgan fingerprint density at radius 1 is 1.17 bits per heavy atom. The molecule has 1 aliphatic heterocycles. The van der Waals surface area contributed by atoms with Gasteiger partial charge in [0.05, 0.1) is 17.4 Å². The minimum Gasteiger partial charge on any atom is -0.352 e. The molecule has 1 saturated heterocycles. The SMILES string of the molecule is Cc1cc2ncncc2cc1Nc1ncc2c(n1)c(C1CCS(C)(O)CC1)nn2C.